The number of nitrogens with zero attached hydrogens (tertiary/aromatic N) is 1. The van der Waals surface area contributed by atoms with Gasteiger partial charge in [-0.15, -0.1) is 0 Å². The van der Waals surface area contributed by atoms with Gasteiger partial charge >= 0.3 is 0 Å². The highest BCUT2D eigenvalue weighted by Gasteiger charge is 2.15. The van der Waals surface area contributed by atoms with E-state index >= 15 is 0 Å². The average molecular weight is 398 g/mol. The van der Waals surface area contributed by atoms with E-state index in [4.69, 9.17) is 9.47 Å². The van der Waals surface area contributed by atoms with Gasteiger partial charge < -0.3 is 20.1 Å². The van der Waals surface area contributed by atoms with Crippen molar-refractivity contribution in [2.45, 2.75) is 26.3 Å². The fourth-order valence-corrected chi connectivity index (χ4v) is 3.08. The van der Waals surface area contributed by atoms with Crippen LogP contribution in [0.15, 0.2) is 27.7 Å². The van der Waals surface area contributed by atoms with Crippen LogP contribution in [0.1, 0.15) is 24.0 Å². The number of benzene rings is 1. The predicted molar refractivity (Wildman–Crippen MR) is 101 cm³/mol. The van der Waals surface area contributed by atoms with E-state index in [-0.39, 0.29) is 0 Å². The lowest BCUT2D eigenvalue weighted by molar-refractivity contribution is 0.0888. The molecule has 1 aromatic rings. The number of hydrogen-bond donors (Lipinski definition) is 2. The van der Waals surface area contributed by atoms with Gasteiger partial charge in [-0.3, -0.25) is 4.99 Å². The van der Waals surface area contributed by atoms with Crippen molar-refractivity contribution in [3.8, 4) is 0 Å². The summed E-state index contributed by atoms with van der Waals surface area (Å²) in [5.41, 5.74) is 2.53. The highest BCUT2D eigenvalue weighted by atomic mass is 79.9. The summed E-state index contributed by atoms with van der Waals surface area (Å²) in [5, 5.41) is 6.67. The van der Waals surface area contributed by atoms with Crippen LogP contribution in [-0.4, -0.2) is 46.0 Å². The molecule has 6 heteroatoms. The maximum Gasteiger partial charge on any atom is 0.191 e. The fraction of sp³-hybridized carbons (Fsp3) is 0.611. The molecule has 5 nitrogen and oxygen atoms in total. The van der Waals surface area contributed by atoms with Gasteiger partial charge in [-0.2, -0.15) is 0 Å². The Hall–Kier alpha value is -1.11. The second-order valence-electron chi connectivity index (χ2n) is 6.08. The number of rotatable bonds is 8. The van der Waals surface area contributed by atoms with Crippen molar-refractivity contribution in [1.29, 1.82) is 0 Å². The summed E-state index contributed by atoms with van der Waals surface area (Å²) in [6.07, 6.45) is 2.09. The summed E-state index contributed by atoms with van der Waals surface area (Å²) in [5.74, 6) is 1.41. The van der Waals surface area contributed by atoms with Crippen molar-refractivity contribution >= 4 is 21.9 Å². The van der Waals surface area contributed by atoms with Crippen LogP contribution in [0.2, 0.25) is 0 Å². The number of aryl methyl sites for hydroxylation is 1. The van der Waals surface area contributed by atoms with Crippen LogP contribution < -0.4 is 10.6 Å². The first kappa shape index (κ1) is 19.2. The highest BCUT2D eigenvalue weighted by Crippen LogP contribution is 2.15. The first-order chi connectivity index (χ1) is 11.7. The van der Waals surface area contributed by atoms with Gasteiger partial charge in [-0.25, -0.2) is 0 Å². The van der Waals surface area contributed by atoms with Crippen molar-refractivity contribution in [2.75, 3.05) is 40.0 Å². The smallest absolute Gasteiger partial charge is 0.191 e. The summed E-state index contributed by atoms with van der Waals surface area (Å²) in [4.78, 5) is 4.26. The number of hydrogen-bond acceptors (Lipinski definition) is 3. The number of nitrogens with one attached hydrogen (secondary N) is 2. The van der Waals surface area contributed by atoms with E-state index in [1.807, 2.05) is 0 Å². The molecule has 1 heterocycles. The minimum absolute atomic E-state index is 0.585. The van der Waals surface area contributed by atoms with Gasteiger partial charge in [0.1, 0.15) is 0 Å². The molecule has 1 aliphatic rings. The zero-order valence-corrected chi connectivity index (χ0v) is 16.2. The fourth-order valence-electron chi connectivity index (χ4n) is 2.60. The van der Waals surface area contributed by atoms with Gasteiger partial charge in [-0.1, -0.05) is 22.0 Å². The number of guanidine groups is 1. The van der Waals surface area contributed by atoms with Crippen LogP contribution in [0.5, 0.6) is 0 Å². The van der Waals surface area contributed by atoms with E-state index in [2.05, 4.69) is 56.7 Å². The average Bonchev–Trinajstić information content (AvgIpc) is 3.08. The maximum absolute atomic E-state index is 5.70. The Bertz CT molecular complexity index is 531. The van der Waals surface area contributed by atoms with Gasteiger partial charge in [0.2, 0.25) is 0 Å². The van der Waals surface area contributed by atoms with Gasteiger partial charge in [0.25, 0.3) is 0 Å². The standard InChI is InChI=1S/C18H28BrN3O2/c1-14-10-17(19)5-4-16(14)11-22-18(20-2)21-7-3-8-23-12-15-6-9-24-13-15/h4-5,10,15H,3,6-9,11-13H2,1-2H3,(H2,20,21,22). The van der Waals surface area contributed by atoms with Crippen LogP contribution >= 0.6 is 15.9 Å². The van der Waals surface area contributed by atoms with Crippen LogP contribution in [0.25, 0.3) is 0 Å². The molecule has 0 aliphatic carbocycles. The van der Waals surface area contributed by atoms with Crippen LogP contribution in [-0.2, 0) is 16.0 Å². The van der Waals surface area contributed by atoms with E-state index in [0.717, 1.165) is 62.8 Å². The molecule has 0 spiro atoms. The molecule has 1 aliphatic heterocycles. The van der Waals surface area contributed by atoms with Crippen LogP contribution in [0, 0.1) is 12.8 Å². The molecule has 0 amide bonds. The van der Waals surface area contributed by atoms with Gasteiger partial charge in [-0.05, 0) is 43.0 Å². The summed E-state index contributed by atoms with van der Waals surface area (Å²) in [6.45, 7) is 7.05. The van der Waals surface area contributed by atoms with Crippen molar-refractivity contribution in [3.05, 3.63) is 33.8 Å². The third-order valence-corrected chi connectivity index (χ3v) is 4.60. The molecule has 0 saturated carbocycles. The zero-order valence-electron chi connectivity index (χ0n) is 14.6. The molecule has 24 heavy (non-hydrogen) atoms. The monoisotopic (exact) mass is 397 g/mol. The Balaban J connectivity index is 1.58. The molecule has 1 saturated heterocycles. The lowest BCUT2D eigenvalue weighted by Gasteiger charge is -2.14. The lowest BCUT2D eigenvalue weighted by Crippen LogP contribution is -2.37. The summed E-state index contributed by atoms with van der Waals surface area (Å²) in [7, 11) is 1.79. The Morgan fingerprint density at radius 3 is 3.00 bits per heavy atom. The van der Waals surface area contributed by atoms with Gasteiger partial charge in [0.05, 0.1) is 13.2 Å². The van der Waals surface area contributed by atoms with E-state index in [1.165, 1.54) is 11.1 Å². The Labute approximate surface area is 153 Å². The quantitative estimate of drug-likeness (QED) is 0.402. The number of ether oxygens (including phenoxy) is 2. The second-order valence-corrected chi connectivity index (χ2v) is 7.00. The van der Waals surface area contributed by atoms with Crippen molar-refractivity contribution in [1.82, 2.24) is 10.6 Å². The SMILES string of the molecule is CN=C(NCCCOCC1CCOC1)NCc1ccc(Br)cc1C. The normalized spacial score (nSPS) is 18.0. The molecule has 1 unspecified atom stereocenters. The molecule has 0 bridgehead atoms. The van der Waals surface area contributed by atoms with Gasteiger partial charge in [0.15, 0.2) is 5.96 Å². The Kier molecular flexibility index (Phi) is 8.56. The molecule has 2 N–H and O–H groups in total. The summed E-state index contributed by atoms with van der Waals surface area (Å²) >= 11 is 3.49. The number of aliphatic imine (C=N–C) groups is 1. The molecule has 0 radical (unpaired) electrons. The first-order valence-electron chi connectivity index (χ1n) is 8.54. The Morgan fingerprint density at radius 1 is 1.42 bits per heavy atom. The minimum atomic E-state index is 0.585. The summed E-state index contributed by atoms with van der Waals surface area (Å²) in [6, 6.07) is 6.31. The minimum Gasteiger partial charge on any atom is -0.381 e. The molecular formula is C18H28BrN3O2. The molecule has 134 valence electrons. The van der Waals surface area contributed by atoms with E-state index in [0.29, 0.717) is 5.92 Å². The van der Waals surface area contributed by atoms with Crippen LogP contribution in [0.3, 0.4) is 0 Å². The third kappa shape index (κ3) is 6.79. The zero-order chi connectivity index (χ0) is 17.2. The third-order valence-electron chi connectivity index (χ3n) is 4.11. The van der Waals surface area contributed by atoms with Crippen molar-refractivity contribution in [2.24, 2.45) is 10.9 Å². The van der Waals surface area contributed by atoms with E-state index < -0.39 is 0 Å². The van der Waals surface area contributed by atoms with Crippen molar-refractivity contribution in [3.63, 3.8) is 0 Å². The molecule has 0 aromatic heterocycles. The van der Waals surface area contributed by atoms with Gasteiger partial charge in [0, 0.05) is 43.7 Å². The van der Waals surface area contributed by atoms with E-state index in [1.54, 1.807) is 7.05 Å². The Morgan fingerprint density at radius 2 is 2.29 bits per heavy atom. The molecule has 1 fully saturated rings. The van der Waals surface area contributed by atoms with E-state index in [9.17, 15) is 0 Å². The lowest BCUT2D eigenvalue weighted by atomic mass is 10.1. The second kappa shape index (κ2) is 10.7. The van der Waals surface area contributed by atoms with Crippen molar-refractivity contribution < 1.29 is 9.47 Å². The molecule has 2 rings (SSSR count). The molecular weight excluding hydrogens is 370 g/mol. The predicted octanol–water partition coefficient (Wildman–Crippen LogP) is 2.87. The topological polar surface area (TPSA) is 54.9 Å². The number of halogens is 1. The summed E-state index contributed by atoms with van der Waals surface area (Å²) < 4.78 is 12.2. The molecule has 1 atom stereocenters. The molecule has 1 aromatic carbocycles. The highest BCUT2D eigenvalue weighted by molar-refractivity contribution is 9.10. The largest absolute Gasteiger partial charge is 0.381 e. The maximum atomic E-state index is 5.70. The van der Waals surface area contributed by atoms with Crippen LogP contribution in [0.4, 0.5) is 0 Å². The first-order valence-corrected chi connectivity index (χ1v) is 9.33.